The van der Waals surface area contributed by atoms with Crippen LogP contribution in [0.3, 0.4) is 0 Å². The van der Waals surface area contributed by atoms with E-state index < -0.39 is 34.8 Å². The fraction of sp³-hybridized carbons (Fsp3) is 0.231. The van der Waals surface area contributed by atoms with Gasteiger partial charge in [0.15, 0.2) is 17.6 Å². The van der Waals surface area contributed by atoms with E-state index in [1.165, 1.54) is 45.6 Å². The van der Waals surface area contributed by atoms with Crippen molar-refractivity contribution >= 4 is 28.9 Å². The number of carbonyl (C=O) groups is 2. The van der Waals surface area contributed by atoms with E-state index in [1.54, 1.807) is 17.2 Å². The number of para-hydroxylation sites is 1. The summed E-state index contributed by atoms with van der Waals surface area (Å²) in [7, 11) is 4.47. The number of fused-ring (bicyclic) bond motifs is 1. The fourth-order valence-electron chi connectivity index (χ4n) is 4.80. The molecule has 3 unspecified atom stereocenters. The molecule has 2 amide bonds. The summed E-state index contributed by atoms with van der Waals surface area (Å²) in [6.07, 6.45) is -1.10. The number of ether oxygens (including phenoxy) is 3. The van der Waals surface area contributed by atoms with Crippen LogP contribution in [-0.2, 0) is 14.4 Å². The van der Waals surface area contributed by atoms with Gasteiger partial charge in [0.1, 0.15) is 5.92 Å². The fourth-order valence-corrected chi connectivity index (χ4v) is 4.80. The van der Waals surface area contributed by atoms with Gasteiger partial charge in [-0.1, -0.05) is 18.2 Å². The molecule has 2 heterocycles. The summed E-state index contributed by atoms with van der Waals surface area (Å²) < 4.78 is 16.5. The van der Waals surface area contributed by atoms with Gasteiger partial charge in [0, 0.05) is 12.1 Å². The van der Waals surface area contributed by atoms with Crippen molar-refractivity contribution in [3.8, 4) is 17.2 Å². The highest BCUT2D eigenvalue weighted by Crippen LogP contribution is 2.50. The second-order valence-corrected chi connectivity index (χ2v) is 8.40. The van der Waals surface area contributed by atoms with E-state index in [2.05, 4.69) is 0 Å². The Morgan fingerprint density at radius 2 is 1.46 bits per heavy atom. The van der Waals surface area contributed by atoms with E-state index in [4.69, 9.17) is 19.0 Å². The number of nitrogens with zero attached hydrogens (tertiary/aromatic N) is 3. The van der Waals surface area contributed by atoms with Gasteiger partial charge in [0.2, 0.25) is 11.7 Å². The van der Waals surface area contributed by atoms with Crippen molar-refractivity contribution in [2.45, 2.75) is 12.1 Å². The molecule has 11 nitrogen and oxygen atoms in total. The number of methoxy groups -OCH3 is 3. The maximum absolute atomic E-state index is 13.8. The van der Waals surface area contributed by atoms with Crippen LogP contribution in [0.2, 0.25) is 0 Å². The lowest BCUT2D eigenvalue weighted by Gasteiger charge is -2.29. The van der Waals surface area contributed by atoms with Crippen molar-refractivity contribution in [3.63, 3.8) is 0 Å². The molecule has 0 spiro atoms. The lowest BCUT2D eigenvalue weighted by atomic mass is 9.90. The normalized spacial score (nSPS) is 20.7. The molecule has 0 aromatic heterocycles. The summed E-state index contributed by atoms with van der Waals surface area (Å²) in [6, 6.07) is 17.1. The number of nitro benzene ring substituents is 1. The van der Waals surface area contributed by atoms with Crippen LogP contribution in [0.5, 0.6) is 17.2 Å². The highest BCUT2D eigenvalue weighted by Gasteiger charge is 2.60. The Labute approximate surface area is 211 Å². The van der Waals surface area contributed by atoms with Crippen molar-refractivity contribution < 1.29 is 33.6 Å². The van der Waals surface area contributed by atoms with E-state index >= 15 is 0 Å². The van der Waals surface area contributed by atoms with E-state index in [0.717, 1.165) is 4.90 Å². The zero-order valence-corrected chi connectivity index (χ0v) is 20.2. The number of rotatable bonds is 7. The van der Waals surface area contributed by atoms with Crippen molar-refractivity contribution in [3.05, 3.63) is 82.4 Å². The van der Waals surface area contributed by atoms with Crippen molar-refractivity contribution in [2.24, 2.45) is 5.92 Å². The average Bonchev–Trinajstić information content (AvgIpc) is 3.43. The third-order valence-corrected chi connectivity index (χ3v) is 6.47. The number of hydroxylamine groups is 1. The highest BCUT2D eigenvalue weighted by atomic mass is 16.7. The Morgan fingerprint density at radius 3 is 2.00 bits per heavy atom. The quantitative estimate of drug-likeness (QED) is 0.269. The molecule has 2 saturated heterocycles. The van der Waals surface area contributed by atoms with Gasteiger partial charge in [-0.3, -0.25) is 24.5 Å². The van der Waals surface area contributed by atoms with Crippen LogP contribution in [0, 0.1) is 16.0 Å². The molecule has 2 aliphatic rings. The van der Waals surface area contributed by atoms with Gasteiger partial charge < -0.3 is 14.2 Å². The minimum absolute atomic E-state index is 0.148. The second kappa shape index (κ2) is 9.43. The Hall–Kier alpha value is -4.64. The largest absolute Gasteiger partial charge is 0.493 e. The summed E-state index contributed by atoms with van der Waals surface area (Å²) >= 11 is 0. The zero-order valence-electron chi connectivity index (χ0n) is 20.2. The lowest BCUT2D eigenvalue weighted by molar-refractivity contribution is -0.384. The topological polar surface area (TPSA) is 121 Å². The maximum atomic E-state index is 13.8. The maximum Gasteiger partial charge on any atom is 0.269 e. The number of hydrogen-bond donors (Lipinski definition) is 0. The van der Waals surface area contributed by atoms with Gasteiger partial charge in [-0.05, 0) is 42.0 Å². The molecule has 190 valence electrons. The van der Waals surface area contributed by atoms with Crippen LogP contribution in [0.1, 0.15) is 11.6 Å². The highest BCUT2D eigenvalue weighted by molar-refractivity contribution is 6.24. The molecular formula is C26H23N3O8. The molecule has 0 radical (unpaired) electrons. The van der Waals surface area contributed by atoms with Crippen molar-refractivity contribution in [1.82, 2.24) is 0 Å². The van der Waals surface area contributed by atoms with Crippen LogP contribution in [-0.4, -0.2) is 44.2 Å². The van der Waals surface area contributed by atoms with Gasteiger partial charge >= 0.3 is 0 Å². The standard InChI is InChI=1S/C26H23N3O8/c1-34-19-13-15(14-20(35-2)23(19)36-3)22-21-24(37-28(22)17-7-5-4-6-8-17)26(31)27(25(21)30)16-9-11-18(12-10-16)29(32)33/h4-14,21-22,24H,1-3H3. The first-order chi connectivity index (χ1) is 17.9. The van der Waals surface area contributed by atoms with Crippen LogP contribution >= 0.6 is 0 Å². The van der Waals surface area contributed by atoms with Gasteiger partial charge in [-0.15, -0.1) is 0 Å². The molecule has 2 aliphatic heterocycles. The molecular weight excluding hydrogens is 482 g/mol. The first kappa shape index (κ1) is 24.1. The minimum Gasteiger partial charge on any atom is -0.493 e. The molecule has 2 fully saturated rings. The number of anilines is 2. The number of non-ortho nitro benzene ring substituents is 1. The predicted molar refractivity (Wildman–Crippen MR) is 132 cm³/mol. The molecule has 3 aromatic rings. The first-order valence-electron chi connectivity index (χ1n) is 11.3. The molecule has 37 heavy (non-hydrogen) atoms. The summed E-state index contributed by atoms with van der Waals surface area (Å²) in [5.41, 5.74) is 1.34. The molecule has 0 saturated carbocycles. The summed E-state index contributed by atoms with van der Waals surface area (Å²) in [5, 5.41) is 12.6. The molecule has 3 atom stereocenters. The van der Waals surface area contributed by atoms with Gasteiger partial charge in [-0.25, -0.2) is 9.96 Å². The van der Waals surface area contributed by atoms with E-state index in [-0.39, 0.29) is 11.4 Å². The Bertz CT molecular complexity index is 1340. The molecule has 0 bridgehead atoms. The lowest BCUT2D eigenvalue weighted by Crippen LogP contribution is -2.37. The number of carbonyl (C=O) groups excluding carboxylic acids is 2. The zero-order chi connectivity index (χ0) is 26.3. The molecule has 3 aromatic carbocycles. The molecule has 0 aliphatic carbocycles. The first-order valence-corrected chi connectivity index (χ1v) is 11.3. The number of nitro groups is 1. The number of imide groups is 1. The predicted octanol–water partition coefficient (Wildman–Crippen LogP) is 3.67. The average molecular weight is 505 g/mol. The monoisotopic (exact) mass is 505 g/mol. The van der Waals surface area contributed by atoms with E-state index in [9.17, 15) is 19.7 Å². The second-order valence-electron chi connectivity index (χ2n) is 8.40. The van der Waals surface area contributed by atoms with E-state index in [1.807, 2.05) is 30.3 Å². The van der Waals surface area contributed by atoms with Crippen LogP contribution in [0.4, 0.5) is 17.1 Å². The Morgan fingerprint density at radius 1 is 0.838 bits per heavy atom. The van der Waals surface area contributed by atoms with Gasteiger partial charge in [0.25, 0.3) is 11.6 Å². The summed E-state index contributed by atoms with van der Waals surface area (Å²) in [5.74, 6) is -0.794. The molecule has 11 heteroatoms. The Balaban J connectivity index is 1.61. The van der Waals surface area contributed by atoms with Crippen LogP contribution < -0.4 is 24.2 Å². The van der Waals surface area contributed by atoms with Crippen molar-refractivity contribution in [2.75, 3.05) is 31.3 Å². The SMILES string of the molecule is COc1cc(C2C3C(=O)N(c4ccc([N+](=O)[O-])cc4)C(=O)C3ON2c2ccccc2)cc(OC)c1OC. The van der Waals surface area contributed by atoms with Crippen LogP contribution in [0.15, 0.2) is 66.7 Å². The molecule has 5 rings (SSSR count). The summed E-state index contributed by atoms with van der Waals surface area (Å²) in [4.78, 5) is 44.9. The van der Waals surface area contributed by atoms with Crippen molar-refractivity contribution in [1.29, 1.82) is 0 Å². The van der Waals surface area contributed by atoms with Gasteiger partial charge in [-0.2, -0.15) is 0 Å². The Kier molecular flexibility index (Phi) is 6.14. The number of amides is 2. The van der Waals surface area contributed by atoms with E-state index in [0.29, 0.717) is 28.5 Å². The smallest absolute Gasteiger partial charge is 0.269 e. The van der Waals surface area contributed by atoms with Gasteiger partial charge in [0.05, 0.1) is 43.7 Å². The summed E-state index contributed by atoms with van der Waals surface area (Å²) in [6.45, 7) is 0. The third-order valence-electron chi connectivity index (χ3n) is 6.47. The third kappa shape index (κ3) is 3.89. The molecule has 0 N–H and O–H groups in total. The number of benzene rings is 3. The van der Waals surface area contributed by atoms with Crippen LogP contribution in [0.25, 0.3) is 0 Å². The number of hydrogen-bond acceptors (Lipinski definition) is 9. The minimum atomic E-state index is -1.10.